The molecule has 7 heteroatoms. The fraction of sp³-hybridized carbons (Fsp3) is 0.391. The number of nitrogens with zero attached hydrogens (tertiary/aromatic N) is 1. The largest absolute Gasteiger partial charge is 0.490 e. The molecule has 2 aromatic rings. The minimum atomic E-state index is -0.219. The first-order valence-electron chi connectivity index (χ1n) is 10.1. The van der Waals surface area contributed by atoms with E-state index in [1.165, 1.54) is 5.56 Å². The van der Waals surface area contributed by atoms with Crippen molar-refractivity contribution in [1.82, 2.24) is 4.90 Å². The monoisotopic (exact) mass is 413 g/mol. The van der Waals surface area contributed by atoms with Gasteiger partial charge in [0, 0.05) is 17.4 Å². The van der Waals surface area contributed by atoms with E-state index in [-0.39, 0.29) is 24.9 Å². The Labute approximate surface area is 178 Å². The summed E-state index contributed by atoms with van der Waals surface area (Å²) >= 11 is 0. The van der Waals surface area contributed by atoms with E-state index in [4.69, 9.17) is 9.47 Å². The van der Waals surface area contributed by atoms with Gasteiger partial charge in [-0.3, -0.25) is 14.5 Å². The Morgan fingerprint density at radius 3 is 1.90 bits per heavy atom. The normalized spacial score (nSPS) is 10.6. The van der Waals surface area contributed by atoms with Crippen LogP contribution >= 0.6 is 0 Å². The number of benzene rings is 2. The van der Waals surface area contributed by atoms with Gasteiger partial charge < -0.3 is 20.1 Å². The van der Waals surface area contributed by atoms with E-state index in [2.05, 4.69) is 10.6 Å². The minimum absolute atomic E-state index is 0.0809. The molecule has 0 unspecified atom stereocenters. The van der Waals surface area contributed by atoms with Crippen LogP contribution in [0.2, 0.25) is 0 Å². The summed E-state index contributed by atoms with van der Waals surface area (Å²) in [6.07, 6.45) is 0. The summed E-state index contributed by atoms with van der Waals surface area (Å²) < 4.78 is 11.1. The van der Waals surface area contributed by atoms with Gasteiger partial charge in [-0.05, 0) is 70.1 Å². The predicted molar refractivity (Wildman–Crippen MR) is 119 cm³/mol. The standard InChI is InChI=1S/C23H31N3O4/c1-6-29-20-11-10-19(13-21(20)30-7-2)25-23(28)15-26(5)14-22(27)24-18-9-8-16(3)17(4)12-18/h8-13H,6-7,14-15H2,1-5H3,(H,24,27)(H,25,28). The van der Waals surface area contributed by atoms with E-state index in [9.17, 15) is 9.59 Å². The second kappa shape index (κ2) is 11.2. The quantitative estimate of drug-likeness (QED) is 0.622. The highest BCUT2D eigenvalue weighted by Gasteiger charge is 2.13. The molecule has 0 radical (unpaired) electrons. The molecule has 162 valence electrons. The van der Waals surface area contributed by atoms with Crippen molar-refractivity contribution in [3.63, 3.8) is 0 Å². The van der Waals surface area contributed by atoms with Crippen LogP contribution in [0.1, 0.15) is 25.0 Å². The molecule has 0 aliphatic rings. The molecular weight excluding hydrogens is 382 g/mol. The third-order valence-corrected chi connectivity index (χ3v) is 4.44. The van der Waals surface area contributed by atoms with Gasteiger partial charge in [0.1, 0.15) is 0 Å². The van der Waals surface area contributed by atoms with Gasteiger partial charge in [-0.15, -0.1) is 0 Å². The molecule has 0 fully saturated rings. The first-order chi connectivity index (χ1) is 14.3. The van der Waals surface area contributed by atoms with Gasteiger partial charge in [0.2, 0.25) is 11.8 Å². The van der Waals surface area contributed by atoms with Crippen molar-refractivity contribution in [3.05, 3.63) is 47.5 Å². The molecular formula is C23H31N3O4. The average molecular weight is 414 g/mol. The van der Waals surface area contributed by atoms with Gasteiger partial charge >= 0.3 is 0 Å². The summed E-state index contributed by atoms with van der Waals surface area (Å²) in [5.41, 5.74) is 3.64. The third kappa shape index (κ3) is 7.08. The smallest absolute Gasteiger partial charge is 0.238 e. The van der Waals surface area contributed by atoms with Crippen LogP contribution in [0.4, 0.5) is 11.4 Å². The molecule has 30 heavy (non-hydrogen) atoms. The van der Waals surface area contributed by atoms with Crippen LogP contribution in [-0.4, -0.2) is 50.1 Å². The van der Waals surface area contributed by atoms with Gasteiger partial charge in [0.15, 0.2) is 11.5 Å². The number of aryl methyl sites for hydroxylation is 2. The maximum atomic E-state index is 12.4. The summed E-state index contributed by atoms with van der Waals surface area (Å²) in [7, 11) is 1.73. The minimum Gasteiger partial charge on any atom is -0.490 e. The van der Waals surface area contributed by atoms with Crippen molar-refractivity contribution in [3.8, 4) is 11.5 Å². The molecule has 2 aromatic carbocycles. The second-order valence-electron chi connectivity index (χ2n) is 7.10. The Morgan fingerprint density at radius 1 is 0.800 bits per heavy atom. The summed E-state index contributed by atoms with van der Waals surface area (Å²) in [5, 5.41) is 5.69. The zero-order valence-corrected chi connectivity index (χ0v) is 18.4. The van der Waals surface area contributed by atoms with Gasteiger partial charge in [-0.2, -0.15) is 0 Å². The van der Waals surface area contributed by atoms with Crippen molar-refractivity contribution in [2.75, 3.05) is 44.0 Å². The molecule has 0 heterocycles. The predicted octanol–water partition coefficient (Wildman–Crippen LogP) is 3.61. The molecule has 0 aliphatic heterocycles. The van der Waals surface area contributed by atoms with E-state index in [0.717, 1.165) is 11.3 Å². The summed E-state index contributed by atoms with van der Waals surface area (Å²) in [6.45, 7) is 9.02. The number of likely N-dealkylation sites (N-methyl/N-ethyl adjacent to an activating group) is 1. The van der Waals surface area contributed by atoms with E-state index < -0.39 is 0 Å². The van der Waals surface area contributed by atoms with Gasteiger partial charge in [-0.25, -0.2) is 0 Å². The molecule has 0 aliphatic carbocycles. The van der Waals surface area contributed by atoms with Crippen LogP contribution in [0.25, 0.3) is 0 Å². The van der Waals surface area contributed by atoms with Crippen molar-refractivity contribution < 1.29 is 19.1 Å². The SMILES string of the molecule is CCOc1ccc(NC(=O)CN(C)CC(=O)Nc2ccc(C)c(C)c2)cc1OCC. The maximum Gasteiger partial charge on any atom is 0.238 e. The summed E-state index contributed by atoms with van der Waals surface area (Å²) in [5.74, 6) is 0.826. The van der Waals surface area contributed by atoms with Crippen LogP contribution in [0.3, 0.4) is 0 Å². The Balaban J connectivity index is 1.88. The number of carbonyl (C=O) groups excluding carboxylic acids is 2. The first kappa shape index (κ1) is 23.2. The first-order valence-corrected chi connectivity index (χ1v) is 10.1. The number of hydrogen-bond acceptors (Lipinski definition) is 5. The number of amides is 2. The highest BCUT2D eigenvalue weighted by atomic mass is 16.5. The van der Waals surface area contributed by atoms with Crippen LogP contribution in [-0.2, 0) is 9.59 Å². The lowest BCUT2D eigenvalue weighted by molar-refractivity contribution is -0.119. The highest BCUT2D eigenvalue weighted by Crippen LogP contribution is 2.30. The van der Waals surface area contributed by atoms with Crippen LogP contribution in [0.5, 0.6) is 11.5 Å². The maximum absolute atomic E-state index is 12.4. The zero-order valence-electron chi connectivity index (χ0n) is 18.4. The van der Waals surface area contributed by atoms with E-state index in [0.29, 0.717) is 30.4 Å². The third-order valence-electron chi connectivity index (χ3n) is 4.44. The van der Waals surface area contributed by atoms with Gasteiger partial charge in [-0.1, -0.05) is 6.07 Å². The number of rotatable bonds is 10. The van der Waals surface area contributed by atoms with Crippen LogP contribution in [0.15, 0.2) is 36.4 Å². The summed E-state index contributed by atoms with van der Waals surface area (Å²) in [6, 6.07) is 11.0. The Hall–Kier alpha value is -3.06. The van der Waals surface area contributed by atoms with E-state index >= 15 is 0 Å². The van der Waals surface area contributed by atoms with Crippen molar-refractivity contribution in [2.24, 2.45) is 0 Å². The molecule has 0 saturated carbocycles. The molecule has 7 nitrogen and oxygen atoms in total. The lowest BCUT2D eigenvalue weighted by Gasteiger charge is -2.17. The molecule has 2 amide bonds. The zero-order chi connectivity index (χ0) is 22.1. The second-order valence-corrected chi connectivity index (χ2v) is 7.10. The Kier molecular flexibility index (Phi) is 8.68. The number of anilines is 2. The molecule has 0 aromatic heterocycles. The Morgan fingerprint density at radius 2 is 1.33 bits per heavy atom. The Bertz CT molecular complexity index is 883. The van der Waals surface area contributed by atoms with Crippen molar-refractivity contribution in [2.45, 2.75) is 27.7 Å². The molecule has 2 N–H and O–H groups in total. The molecule has 0 spiro atoms. The molecule has 2 rings (SSSR count). The highest BCUT2D eigenvalue weighted by molar-refractivity contribution is 5.94. The number of hydrogen-bond donors (Lipinski definition) is 2. The van der Waals surface area contributed by atoms with Crippen LogP contribution < -0.4 is 20.1 Å². The average Bonchev–Trinajstić information content (AvgIpc) is 2.66. The number of ether oxygens (including phenoxy) is 2. The topological polar surface area (TPSA) is 79.9 Å². The van der Waals surface area contributed by atoms with Gasteiger partial charge in [0.05, 0.1) is 26.3 Å². The summed E-state index contributed by atoms with van der Waals surface area (Å²) in [4.78, 5) is 26.3. The van der Waals surface area contributed by atoms with Crippen LogP contribution in [0, 0.1) is 13.8 Å². The lowest BCUT2D eigenvalue weighted by atomic mass is 10.1. The van der Waals surface area contributed by atoms with Crippen molar-refractivity contribution >= 4 is 23.2 Å². The number of carbonyl (C=O) groups is 2. The molecule has 0 saturated heterocycles. The number of nitrogens with one attached hydrogen (secondary N) is 2. The van der Waals surface area contributed by atoms with E-state index in [1.807, 2.05) is 45.9 Å². The van der Waals surface area contributed by atoms with E-state index in [1.54, 1.807) is 30.1 Å². The molecule has 0 atom stereocenters. The fourth-order valence-electron chi connectivity index (χ4n) is 2.90. The lowest BCUT2D eigenvalue weighted by Crippen LogP contribution is -2.36. The van der Waals surface area contributed by atoms with Gasteiger partial charge in [0.25, 0.3) is 0 Å². The van der Waals surface area contributed by atoms with Crippen molar-refractivity contribution in [1.29, 1.82) is 0 Å². The fourth-order valence-corrected chi connectivity index (χ4v) is 2.90. The molecule has 0 bridgehead atoms.